The third-order valence-electron chi connectivity index (χ3n) is 3.57. The molecule has 2 heterocycles. The zero-order valence-corrected chi connectivity index (χ0v) is 12.6. The number of sulfone groups is 1. The molecule has 0 spiro atoms. The number of oxime groups is 1. The number of carbonyl (C=O) groups excluding carboxylic acids is 1. The van der Waals surface area contributed by atoms with Crippen molar-refractivity contribution in [1.82, 2.24) is 4.90 Å². The maximum atomic E-state index is 12.7. The average Bonchev–Trinajstić information content (AvgIpc) is 2.98. The number of benzene rings is 1. The van der Waals surface area contributed by atoms with Gasteiger partial charge in [0.1, 0.15) is 0 Å². The van der Waals surface area contributed by atoms with Crippen LogP contribution in [-0.2, 0) is 19.4 Å². The number of nitrogens with zero attached hydrogens (tertiary/aromatic N) is 2. The lowest BCUT2D eigenvalue weighted by molar-refractivity contribution is 0.0756. The molecule has 0 bridgehead atoms. The molecule has 2 aliphatic heterocycles. The molecule has 1 amide bonds. The highest BCUT2D eigenvalue weighted by atomic mass is 32.2. The minimum Gasteiger partial charge on any atom is -0.452 e. The molecule has 0 fully saturated rings. The van der Waals surface area contributed by atoms with E-state index in [9.17, 15) is 13.2 Å². The van der Waals surface area contributed by atoms with E-state index >= 15 is 0 Å². The van der Waals surface area contributed by atoms with E-state index in [1.807, 2.05) is 0 Å². The van der Waals surface area contributed by atoms with Gasteiger partial charge in [0.25, 0.3) is 0 Å². The van der Waals surface area contributed by atoms with Gasteiger partial charge in [0, 0.05) is 12.7 Å². The minimum absolute atomic E-state index is 0.0676. The summed E-state index contributed by atoms with van der Waals surface area (Å²) in [6.45, 7) is 0.138. The van der Waals surface area contributed by atoms with Gasteiger partial charge in [-0.15, -0.1) is 0 Å². The molecule has 0 N–H and O–H groups in total. The fourth-order valence-corrected chi connectivity index (χ4v) is 3.93. The number of hydrogen-bond acceptors (Lipinski definition) is 6. The van der Waals surface area contributed by atoms with Gasteiger partial charge in [-0.3, -0.25) is 4.90 Å². The topological polar surface area (TPSA) is 85.3 Å². The molecule has 1 aromatic carbocycles. The van der Waals surface area contributed by atoms with E-state index in [0.29, 0.717) is 0 Å². The van der Waals surface area contributed by atoms with E-state index in [1.165, 1.54) is 30.3 Å². The van der Waals surface area contributed by atoms with Crippen LogP contribution in [0.3, 0.4) is 0 Å². The molecule has 116 valence electrons. The Balaban J connectivity index is 1.91. The van der Waals surface area contributed by atoms with Crippen LogP contribution in [0.5, 0.6) is 0 Å². The first-order chi connectivity index (χ1) is 10.5. The number of amides is 1. The SMILES string of the molecule is COC(=O)N1C=CC2ON=C(S(=O)(=O)c3ccccc3)C2C1. The zero-order valence-electron chi connectivity index (χ0n) is 11.7. The van der Waals surface area contributed by atoms with Crippen LogP contribution in [0.25, 0.3) is 0 Å². The number of methoxy groups -OCH3 is 1. The molecule has 7 nitrogen and oxygen atoms in total. The van der Waals surface area contributed by atoms with E-state index < -0.39 is 28.0 Å². The minimum atomic E-state index is -3.75. The molecule has 22 heavy (non-hydrogen) atoms. The monoisotopic (exact) mass is 322 g/mol. The zero-order chi connectivity index (χ0) is 15.7. The summed E-state index contributed by atoms with van der Waals surface area (Å²) < 4.78 is 30.0. The lowest BCUT2D eigenvalue weighted by Gasteiger charge is -2.27. The summed E-state index contributed by atoms with van der Waals surface area (Å²) in [4.78, 5) is 18.2. The fourth-order valence-electron chi connectivity index (χ4n) is 2.43. The lowest BCUT2D eigenvalue weighted by atomic mass is 10.0. The first-order valence-corrected chi connectivity index (χ1v) is 8.09. The van der Waals surface area contributed by atoms with Gasteiger partial charge in [-0.1, -0.05) is 23.4 Å². The van der Waals surface area contributed by atoms with E-state index in [4.69, 9.17) is 4.84 Å². The van der Waals surface area contributed by atoms with Crippen LogP contribution in [0, 0.1) is 5.92 Å². The van der Waals surface area contributed by atoms with Gasteiger partial charge in [0.05, 0.1) is 17.9 Å². The van der Waals surface area contributed by atoms with Gasteiger partial charge in [0.15, 0.2) is 11.1 Å². The number of carbonyl (C=O) groups is 1. The van der Waals surface area contributed by atoms with Crippen molar-refractivity contribution in [2.45, 2.75) is 11.0 Å². The Hall–Kier alpha value is -2.35. The van der Waals surface area contributed by atoms with Gasteiger partial charge in [-0.25, -0.2) is 13.2 Å². The summed E-state index contributed by atoms with van der Waals surface area (Å²) >= 11 is 0. The quantitative estimate of drug-likeness (QED) is 0.780. The Bertz CT molecular complexity index is 742. The van der Waals surface area contributed by atoms with Gasteiger partial charge in [0.2, 0.25) is 9.84 Å². The molecule has 0 saturated carbocycles. The van der Waals surface area contributed by atoms with Crippen LogP contribution in [0.4, 0.5) is 4.79 Å². The number of hydrogen-bond donors (Lipinski definition) is 0. The van der Waals surface area contributed by atoms with Crippen molar-refractivity contribution >= 4 is 21.0 Å². The predicted molar refractivity (Wildman–Crippen MR) is 77.7 cm³/mol. The van der Waals surface area contributed by atoms with Gasteiger partial charge in [-0.2, -0.15) is 0 Å². The number of fused-ring (bicyclic) bond motifs is 1. The summed E-state index contributed by atoms with van der Waals surface area (Å²) in [5.74, 6) is -0.547. The smallest absolute Gasteiger partial charge is 0.413 e. The highest BCUT2D eigenvalue weighted by Gasteiger charge is 2.44. The highest BCUT2D eigenvalue weighted by Crippen LogP contribution is 2.30. The predicted octanol–water partition coefficient (Wildman–Crippen LogP) is 1.38. The van der Waals surface area contributed by atoms with Crippen LogP contribution in [0.1, 0.15) is 0 Å². The normalized spacial score (nSPS) is 23.5. The molecule has 1 aromatic rings. The van der Waals surface area contributed by atoms with Crippen molar-refractivity contribution in [3.8, 4) is 0 Å². The van der Waals surface area contributed by atoms with E-state index in [1.54, 1.807) is 24.3 Å². The summed E-state index contributed by atoms with van der Waals surface area (Å²) in [6, 6.07) is 8.02. The molecule has 0 radical (unpaired) electrons. The molecule has 2 aliphatic rings. The fraction of sp³-hybridized carbons (Fsp3) is 0.286. The second-order valence-corrected chi connectivity index (χ2v) is 6.78. The molecule has 0 aromatic heterocycles. The number of ether oxygens (including phenoxy) is 1. The van der Waals surface area contributed by atoms with Crippen molar-refractivity contribution in [3.05, 3.63) is 42.6 Å². The number of rotatable bonds is 1. The van der Waals surface area contributed by atoms with Crippen LogP contribution in [0.2, 0.25) is 0 Å². The molecule has 8 heteroatoms. The van der Waals surface area contributed by atoms with E-state index in [0.717, 1.165) is 0 Å². The van der Waals surface area contributed by atoms with Crippen LogP contribution in [0.15, 0.2) is 52.7 Å². The average molecular weight is 322 g/mol. The highest BCUT2D eigenvalue weighted by molar-refractivity contribution is 8.06. The maximum absolute atomic E-state index is 12.7. The van der Waals surface area contributed by atoms with E-state index in [2.05, 4.69) is 9.89 Å². The lowest BCUT2D eigenvalue weighted by Crippen LogP contribution is -2.42. The van der Waals surface area contributed by atoms with Gasteiger partial charge < -0.3 is 9.57 Å². The molecule has 3 rings (SSSR count). The Morgan fingerprint density at radius 1 is 1.36 bits per heavy atom. The maximum Gasteiger partial charge on any atom is 0.413 e. The van der Waals surface area contributed by atoms with Crippen LogP contribution < -0.4 is 0 Å². The molecule has 2 atom stereocenters. The third-order valence-corrected chi connectivity index (χ3v) is 5.39. The van der Waals surface area contributed by atoms with Crippen molar-refractivity contribution < 1.29 is 22.8 Å². The standard InChI is InChI=1S/C14H14N2O5S/c1-20-14(17)16-8-7-12-11(9-16)13(15-21-12)22(18,19)10-5-3-2-4-6-10/h2-8,11-12H,9H2,1H3. The van der Waals surface area contributed by atoms with Crippen LogP contribution >= 0.6 is 0 Å². The van der Waals surface area contributed by atoms with Gasteiger partial charge >= 0.3 is 6.09 Å². The van der Waals surface area contributed by atoms with Crippen molar-refractivity contribution in [3.63, 3.8) is 0 Å². The summed E-state index contributed by atoms with van der Waals surface area (Å²) in [7, 11) is -2.49. The van der Waals surface area contributed by atoms with E-state index in [-0.39, 0.29) is 16.5 Å². The first kappa shape index (κ1) is 14.6. The molecular weight excluding hydrogens is 308 g/mol. The third kappa shape index (κ3) is 2.35. The molecule has 0 saturated heterocycles. The van der Waals surface area contributed by atoms with Gasteiger partial charge in [-0.05, 0) is 18.2 Å². The Kier molecular flexibility index (Phi) is 3.61. The largest absolute Gasteiger partial charge is 0.452 e. The Labute approximate surface area is 127 Å². The molecular formula is C14H14N2O5S. The Morgan fingerprint density at radius 3 is 2.77 bits per heavy atom. The first-order valence-electron chi connectivity index (χ1n) is 6.61. The summed E-state index contributed by atoms with van der Waals surface area (Å²) in [5.41, 5.74) is 0. The second kappa shape index (κ2) is 5.45. The molecule has 0 aliphatic carbocycles. The van der Waals surface area contributed by atoms with Crippen molar-refractivity contribution in [2.24, 2.45) is 11.1 Å². The second-order valence-electron chi connectivity index (χ2n) is 4.89. The van der Waals surface area contributed by atoms with Crippen molar-refractivity contribution in [2.75, 3.05) is 13.7 Å². The Morgan fingerprint density at radius 2 is 2.09 bits per heavy atom. The summed E-state index contributed by atoms with van der Waals surface area (Å²) in [6.07, 6.45) is 2.07. The van der Waals surface area contributed by atoms with Crippen LogP contribution in [-0.4, -0.2) is 44.2 Å². The molecule has 2 unspecified atom stereocenters. The van der Waals surface area contributed by atoms with Crippen molar-refractivity contribution in [1.29, 1.82) is 0 Å². The summed E-state index contributed by atoms with van der Waals surface area (Å²) in [5, 5.41) is 3.68.